The first-order valence-corrected chi connectivity index (χ1v) is 4.43. The summed E-state index contributed by atoms with van der Waals surface area (Å²) in [7, 11) is 0. The van der Waals surface area contributed by atoms with Gasteiger partial charge >= 0.3 is 0 Å². The van der Waals surface area contributed by atoms with E-state index in [2.05, 4.69) is 22.4 Å². The zero-order valence-corrected chi connectivity index (χ0v) is 7.40. The van der Waals surface area contributed by atoms with Crippen molar-refractivity contribution in [3.05, 3.63) is 36.2 Å². The van der Waals surface area contributed by atoms with Gasteiger partial charge < -0.3 is 11.1 Å². The zero-order valence-electron chi connectivity index (χ0n) is 7.40. The lowest BCUT2D eigenvalue weighted by Crippen LogP contribution is -2.37. The molecule has 0 aromatic carbocycles. The Labute approximate surface area is 77.7 Å². The molecule has 1 aliphatic heterocycles. The van der Waals surface area contributed by atoms with E-state index in [1.54, 1.807) is 6.20 Å². The maximum absolute atomic E-state index is 5.80. The molecule has 1 unspecified atom stereocenters. The van der Waals surface area contributed by atoms with Crippen LogP contribution in [0.5, 0.6) is 0 Å². The predicted molar refractivity (Wildman–Crippen MR) is 53.1 cm³/mol. The Kier molecular flexibility index (Phi) is 2.38. The fourth-order valence-corrected chi connectivity index (χ4v) is 1.50. The molecule has 0 saturated heterocycles. The fraction of sp³-hybridized carbons (Fsp3) is 0.300. The lowest BCUT2D eigenvalue weighted by molar-refractivity contribution is 0.663. The molecule has 13 heavy (non-hydrogen) atoms. The van der Waals surface area contributed by atoms with Crippen LogP contribution in [0.3, 0.4) is 0 Å². The molecule has 0 spiro atoms. The highest BCUT2D eigenvalue weighted by atomic mass is 14.9. The number of aromatic nitrogens is 1. The van der Waals surface area contributed by atoms with Crippen molar-refractivity contribution in [2.24, 2.45) is 5.73 Å². The van der Waals surface area contributed by atoms with Gasteiger partial charge in [0, 0.05) is 31.5 Å². The first-order chi connectivity index (χ1) is 6.36. The highest BCUT2D eigenvalue weighted by Crippen LogP contribution is 2.14. The van der Waals surface area contributed by atoms with Crippen molar-refractivity contribution in [3.63, 3.8) is 0 Å². The molecule has 1 atom stereocenters. The summed E-state index contributed by atoms with van der Waals surface area (Å²) in [5, 5.41) is 3.26. The van der Waals surface area contributed by atoms with E-state index in [0.29, 0.717) is 0 Å². The molecule has 1 aliphatic rings. The van der Waals surface area contributed by atoms with E-state index in [4.69, 9.17) is 5.73 Å². The van der Waals surface area contributed by atoms with E-state index in [1.807, 2.05) is 12.3 Å². The number of nitrogens with one attached hydrogen (secondary N) is 1. The van der Waals surface area contributed by atoms with Gasteiger partial charge in [0.1, 0.15) is 0 Å². The second kappa shape index (κ2) is 3.68. The van der Waals surface area contributed by atoms with Gasteiger partial charge in [-0.05, 0) is 17.2 Å². The van der Waals surface area contributed by atoms with E-state index in [1.165, 1.54) is 5.57 Å². The van der Waals surface area contributed by atoms with Crippen molar-refractivity contribution in [3.8, 4) is 0 Å². The maximum Gasteiger partial charge on any atom is 0.0357 e. The Morgan fingerprint density at radius 1 is 1.54 bits per heavy atom. The molecule has 2 rings (SSSR count). The number of rotatable bonds is 1. The Bertz CT molecular complexity index is 305. The lowest BCUT2D eigenvalue weighted by atomic mass is 10.0. The van der Waals surface area contributed by atoms with Crippen LogP contribution in [0.1, 0.15) is 5.56 Å². The predicted octanol–water partition coefficient (Wildman–Crippen LogP) is 0.395. The van der Waals surface area contributed by atoms with Gasteiger partial charge in [0.25, 0.3) is 0 Å². The lowest BCUT2D eigenvalue weighted by Gasteiger charge is -2.18. The molecule has 0 saturated carbocycles. The summed E-state index contributed by atoms with van der Waals surface area (Å²) in [6, 6.07) is 4.12. The molecule has 1 aromatic heterocycles. The number of hydrogen-bond acceptors (Lipinski definition) is 3. The molecule has 3 nitrogen and oxygen atoms in total. The molecule has 0 fully saturated rings. The van der Waals surface area contributed by atoms with Crippen molar-refractivity contribution in [2.75, 3.05) is 13.1 Å². The Morgan fingerprint density at radius 2 is 2.46 bits per heavy atom. The summed E-state index contributed by atoms with van der Waals surface area (Å²) in [5.74, 6) is 0. The molecule has 3 heteroatoms. The van der Waals surface area contributed by atoms with Crippen LogP contribution in [-0.2, 0) is 0 Å². The van der Waals surface area contributed by atoms with E-state index in [9.17, 15) is 0 Å². The van der Waals surface area contributed by atoms with Gasteiger partial charge in [-0.2, -0.15) is 0 Å². The van der Waals surface area contributed by atoms with E-state index < -0.39 is 0 Å². The minimum atomic E-state index is 0.129. The minimum absolute atomic E-state index is 0.129. The van der Waals surface area contributed by atoms with Gasteiger partial charge in [-0.15, -0.1) is 0 Å². The summed E-state index contributed by atoms with van der Waals surface area (Å²) in [5.41, 5.74) is 8.20. The topological polar surface area (TPSA) is 50.9 Å². The average Bonchev–Trinajstić information content (AvgIpc) is 2.19. The van der Waals surface area contributed by atoms with Gasteiger partial charge in [-0.3, -0.25) is 4.98 Å². The number of hydrogen-bond donors (Lipinski definition) is 2. The van der Waals surface area contributed by atoms with Crippen molar-refractivity contribution in [2.45, 2.75) is 6.04 Å². The third kappa shape index (κ3) is 1.94. The van der Waals surface area contributed by atoms with Gasteiger partial charge in [0.05, 0.1) is 0 Å². The van der Waals surface area contributed by atoms with Crippen LogP contribution < -0.4 is 11.1 Å². The largest absolute Gasteiger partial charge is 0.323 e. The van der Waals surface area contributed by atoms with Crippen LogP contribution in [0.2, 0.25) is 0 Å². The zero-order chi connectivity index (χ0) is 9.10. The third-order valence-electron chi connectivity index (χ3n) is 2.14. The normalized spacial score (nSPS) is 22.5. The van der Waals surface area contributed by atoms with Crippen molar-refractivity contribution in [1.82, 2.24) is 10.3 Å². The third-order valence-corrected chi connectivity index (χ3v) is 2.14. The quantitative estimate of drug-likeness (QED) is 0.649. The first kappa shape index (κ1) is 8.41. The SMILES string of the molecule is NC1C=C(c2cccnc2)CNC1. The second-order valence-corrected chi connectivity index (χ2v) is 3.23. The molecule has 3 N–H and O–H groups in total. The van der Waals surface area contributed by atoms with Crippen LogP contribution >= 0.6 is 0 Å². The summed E-state index contributed by atoms with van der Waals surface area (Å²) < 4.78 is 0. The summed E-state index contributed by atoms with van der Waals surface area (Å²) >= 11 is 0. The fourth-order valence-electron chi connectivity index (χ4n) is 1.50. The molecule has 0 aliphatic carbocycles. The van der Waals surface area contributed by atoms with Crippen molar-refractivity contribution >= 4 is 5.57 Å². The Hall–Kier alpha value is -1.19. The number of pyridine rings is 1. The summed E-state index contributed by atoms with van der Waals surface area (Å²) in [6.07, 6.45) is 5.75. The molecule has 0 amide bonds. The van der Waals surface area contributed by atoms with Gasteiger partial charge in [-0.1, -0.05) is 12.1 Å². The van der Waals surface area contributed by atoms with Crippen LogP contribution in [-0.4, -0.2) is 24.1 Å². The van der Waals surface area contributed by atoms with Gasteiger partial charge in [0.15, 0.2) is 0 Å². The number of nitrogens with two attached hydrogens (primary N) is 1. The number of nitrogens with zero attached hydrogens (tertiary/aromatic N) is 1. The van der Waals surface area contributed by atoms with E-state index >= 15 is 0 Å². The molecular formula is C10H13N3. The Morgan fingerprint density at radius 3 is 3.15 bits per heavy atom. The smallest absolute Gasteiger partial charge is 0.0357 e. The maximum atomic E-state index is 5.80. The van der Waals surface area contributed by atoms with E-state index in [0.717, 1.165) is 18.7 Å². The molecule has 2 heterocycles. The minimum Gasteiger partial charge on any atom is -0.323 e. The van der Waals surface area contributed by atoms with Crippen LogP contribution in [0.4, 0.5) is 0 Å². The highest BCUT2D eigenvalue weighted by molar-refractivity contribution is 5.67. The summed E-state index contributed by atoms with van der Waals surface area (Å²) in [6.45, 7) is 1.75. The highest BCUT2D eigenvalue weighted by Gasteiger charge is 2.09. The molecular weight excluding hydrogens is 162 g/mol. The monoisotopic (exact) mass is 175 g/mol. The van der Waals surface area contributed by atoms with E-state index in [-0.39, 0.29) is 6.04 Å². The van der Waals surface area contributed by atoms with Gasteiger partial charge in [-0.25, -0.2) is 0 Å². The average molecular weight is 175 g/mol. The molecule has 1 aromatic rings. The standard InChI is InChI=1S/C10H13N3/c11-10-4-9(6-13-7-10)8-2-1-3-12-5-8/h1-5,10,13H,6-7,11H2. The Balaban J connectivity index is 2.26. The van der Waals surface area contributed by atoms with Crippen LogP contribution in [0.15, 0.2) is 30.6 Å². The first-order valence-electron chi connectivity index (χ1n) is 4.43. The molecule has 0 radical (unpaired) electrons. The van der Waals surface area contributed by atoms with Crippen molar-refractivity contribution in [1.29, 1.82) is 0 Å². The van der Waals surface area contributed by atoms with Gasteiger partial charge in [0.2, 0.25) is 0 Å². The van der Waals surface area contributed by atoms with Crippen molar-refractivity contribution < 1.29 is 0 Å². The molecule has 68 valence electrons. The van der Waals surface area contributed by atoms with Crippen LogP contribution in [0.25, 0.3) is 5.57 Å². The molecule has 0 bridgehead atoms. The summed E-state index contributed by atoms with van der Waals surface area (Å²) in [4.78, 5) is 4.08. The second-order valence-electron chi connectivity index (χ2n) is 3.23. The van der Waals surface area contributed by atoms with Crippen LogP contribution in [0, 0.1) is 0 Å².